The molecule has 2 aliphatic rings. The lowest BCUT2D eigenvalue weighted by Gasteiger charge is -1.95. The average Bonchev–Trinajstić information content (AvgIpc) is 2.97. The zero-order chi connectivity index (χ0) is 10.1. The first kappa shape index (κ1) is 9.25. The van der Waals surface area contributed by atoms with Gasteiger partial charge in [-0.05, 0) is 24.3 Å². The molecule has 0 bridgehead atoms. The third kappa shape index (κ3) is 1.41. The van der Waals surface area contributed by atoms with Crippen molar-refractivity contribution in [2.24, 2.45) is 11.8 Å². The van der Waals surface area contributed by atoms with Crippen LogP contribution in [0.4, 0.5) is 0 Å². The molecule has 0 aromatic carbocycles. The molecule has 0 radical (unpaired) electrons. The van der Waals surface area contributed by atoms with E-state index < -0.39 is 0 Å². The molecule has 14 heavy (non-hydrogen) atoms. The zero-order valence-corrected chi connectivity index (χ0v) is 8.49. The number of fused-ring (bicyclic) bond motifs is 2. The second kappa shape index (κ2) is 3.45. The molecule has 1 aromatic heterocycles. The van der Waals surface area contributed by atoms with Crippen molar-refractivity contribution in [2.75, 3.05) is 0 Å². The van der Waals surface area contributed by atoms with Crippen LogP contribution < -0.4 is 16.1 Å². The van der Waals surface area contributed by atoms with Gasteiger partial charge in [0.05, 0.1) is 11.5 Å². The SMILES string of the molecule is CC.O=c1ccoc2c1=CC1CC1C=2. The van der Waals surface area contributed by atoms with Crippen LogP contribution in [-0.4, -0.2) is 0 Å². The number of rotatable bonds is 0. The number of hydrogen-bond acceptors (Lipinski definition) is 2. The van der Waals surface area contributed by atoms with E-state index in [0.717, 1.165) is 10.6 Å². The summed E-state index contributed by atoms with van der Waals surface area (Å²) in [6, 6.07) is 1.48. The maximum Gasteiger partial charge on any atom is 0.192 e. The molecule has 2 unspecified atom stereocenters. The zero-order valence-electron chi connectivity index (χ0n) is 8.49. The van der Waals surface area contributed by atoms with Gasteiger partial charge in [-0.1, -0.05) is 19.9 Å². The normalized spacial score (nSPS) is 25.6. The van der Waals surface area contributed by atoms with Crippen LogP contribution in [0.2, 0.25) is 0 Å². The van der Waals surface area contributed by atoms with Gasteiger partial charge in [0, 0.05) is 6.07 Å². The molecule has 2 nitrogen and oxygen atoms in total. The lowest BCUT2D eigenvalue weighted by atomic mass is 10.1. The van der Waals surface area contributed by atoms with E-state index in [1.165, 1.54) is 18.8 Å². The van der Waals surface area contributed by atoms with E-state index in [2.05, 4.69) is 6.08 Å². The molecular formula is C12H14O2. The quantitative estimate of drug-likeness (QED) is 0.608. The Morgan fingerprint density at radius 1 is 1.29 bits per heavy atom. The second-order valence-electron chi connectivity index (χ2n) is 3.46. The minimum Gasteiger partial charge on any atom is -0.464 e. The van der Waals surface area contributed by atoms with Crippen molar-refractivity contribution < 1.29 is 4.42 Å². The summed E-state index contributed by atoms with van der Waals surface area (Å²) in [6.45, 7) is 4.00. The van der Waals surface area contributed by atoms with E-state index in [-0.39, 0.29) is 5.43 Å². The van der Waals surface area contributed by atoms with Crippen molar-refractivity contribution in [1.29, 1.82) is 0 Å². The first-order valence-electron chi connectivity index (χ1n) is 5.16. The van der Waals surface area contributed by atoms with Crippen molar-refractivity contribution >= 4 is 12.2 Å². The maximum absolute atomic E-state index is 11.3. The van der Waals surface area contributed by atoms with Crippen molar-refractivity contribution in [1.82, 2.24) is 0 Å². The predicted molar refractivity (Wildman–Crippen MR) is 56.1 cm³/mol. The molecule has 1 fully saturated rings. The van der Waals surface area contributed by atoms with E-state index in [9.17, 15) is 4.79 Å². The van der Waals surface area contributed by atoms with Gasteiger partial charge >= 0.3 is 0 Å². The highest BCUT2D eigenvalue weighted by atomic mass is 16.3. The van der Waals surface area contributed by atoms with Gasteiger partial charge in [0.1, 0.15) is 5.42 Å². The van der Waals surface area contributed by atoms with Crippen molar-refractivity contribution in [3.05, 3.63) is 33.2 Å². The van der Waals surface area contributed by atoms with Gasteiger partial charge in [0.2, 0.25) is 0 Å². The minimum absolute atomic E-state index is 0.0813. The molecule has 0 N–H and O–H groups in total. The second-order valence-corrected chi connectivity index (χ2v) is 3.46. The summed E-state index contributed by atoms with van der Waals surface area (Å²) in [5.41, 5.74) is 0.846. The first-order chi connectivity index (χ1) is 6.84. The fourth-order valence-corrected chi connectivity index (χ4v) is 1.76. The van der Waals surface area contributed by atoms with Gasteiger partial charge in [-0.3, -0.25) is 4.79 Å². The maximum atomic E-state index is 11.3. The van der Waals surface area contributed by atoms with Crippen molar-refractivity contribution in [3.8, 4) is 0 Å². The fraction of sp³-hybridized carbons (Fsp3) is 0.417. The van der Waals surface area contributed by atoms with Gasteiger partial charge < -0.3 is 4.42 Å². The Hall–Kier alpha value is -1.31. The molecule has 0 spiro atoms. The van der Waals surface area contributed by atoms with Crippen molar-refractivity contribution in [3.63, 3.8) is 0 Å². The lowest BCUT2D eigenvalue weighted by Crippen LogP contribution is -2.39. The topological polar surface area (TPSA) is 30.2 Å². The van der Waals surface area contributed by atoms with Crippen LogP contribution in [0.25, 0.3) is 12.2 Å². The highest BCUT2D eigenvalue weighted by Gasteiger charge is 2.35. The van der Waals surface area contributed by atoms with E-state index in [1.54, 1.807) is 0 Å². The van der Waals surface area contributed by atoms with Crippen LogP contribution >= 0.6 is 0 Å². The van der Waals surface area contributed by atoms with Gasteiger partial charge in [-0.15, -0.1) is 0 Å². The van der Waals surface area contributed by atoms with E-state index >= 15 is 0 Å². The van der Waals surface area contributed by atoms with Gasteiger partial charge in [-0.2, -0.15) is 0 Å². The van der Waals surface area contributed by atoms with Crippen LogP contribution in [0, 0.1) is 11.8 Å². The molecule has 1 aromatic rings. The summed E-state index contributed by atoms with van der Waals surface area (Å²) >= 11 is 0. The Balaban J connectivity index is 0.000000354. The van der Waals surface area contributed by atoms with Gasteiger partial charge in [0.15, 0.2) is 5.43 Å². The van der Waals surface area contributed by atoms with Crippen LogP contribution in [0.15, 0.2) is 21.5 Å². The summed E-state index contributed by atoms with van der Waals surface area (Å²) in [5, 5.41) is 0.760. The van der Waals surface area contributed by atoms with E-state index in [0.29, 0.717) is 11.8 Å². The van der Waals surface area contributed by atoms with Crippen LogP contribution in [0.5, 0.6) is 0 Å². The van der Waals surface area contributed by atoms with E-state index in [1.807, 2.05) is 19.9 Å². The smallest absolute Gasteiger partial charge is 0.192 e. The molecule has 2 heteroatoms. The molecule has 0 saturated heterocycles. The molecule has 2 atom stereocenters. The standard InChI is InChI=1S/C10H8O2.C2H6/c11-9-1-2-12-10-5-7-3-6(7)4-8(9)10;1-2/h1-2,4-7H,3H2;1-2H3. The molecule has 0 amide bonds. The third-order valence-electron chi connectivity index (χ3n) is 2.58. The largest absolute Gasteiger partial charge is 0.464 e. The van der Waals surface area contributed by atoms with Crippen LogP contribution in [0.1, 0.15) is 20.3 Å². The first-order valence-corrected chi connectivity index (χ1v) is 5.16. The van der Waals surface area contributed by atoms with Crippen LogP contribution in [-0.2, 0) is 0 Å². The van der Waals surface area contributed by atoms with Crippen molar-refractivity contribution in [2.45, 2.75) is 20.3 Å². The molecular weight excluding hydrogens is 176 g/mol. The Morgan fingerprint density at radius 3 is 2.79 bits per heavy atom. The Kier molecular flexibility index (Phi) is 2.28. The van der Waals surface area contributed by atoms with Crippen LogP contribution in [0.3, 0.4) is 0 Å². The minimum atomic E-state index is 0.0813. The Morgan fingerprint density at radius 2 is 2.00 bits per heavy atom. The molecule has 1 heterocycles. The summed E-state index contributed by atoms with van der Waals surface area (Å²) in [7, 11) is 0. The average molecular weight is 190 g/mol. The summed E-state index contributed by atoms with van der Waals surface area (Å²) < 4.78 is 5.24. The highest BCUT2D eigenvalue weighted by molar-refractivity contribution is 5.46. The summed E-state index contributed by atoms with van der Waals surface area (Å²) in [5.74, 6) is 1.26. The Labute approximate surface area is 82.6 Å². The number of hydrogen-bond donors (Lipinski definition) is 0. The highest BCUT2D eigenvalue weighted by Crippen LogP contribution is 2.41. The predicted octanol–water partition coefficient (Wildman–Crippen LogP) is 0.877. The third-order valence-corrected chi connectivity index (χ3v) is 2.58. The van der Waals surface area contributed by atoms with Gasteiger partial charge in [0.25, 0.3) is 0 Å². The summed E-state index contributed by atoms with van der Waals surface area (Å²) in [4.78, 5) is 11.3. The molecule has 74 valence electrons. The molecule has 2 aliphatic carbocycles. The molecule has 1 saturated carbocycles. The molecule has 0 aliphatic heterocycles. The fourth-order valence-electron chi connectivity index (χ4n) is 1.76. The lowest BCUT2D eigenvalue weighted by molar-refractivity contribution is 0.504. The van der Waals surface area contributed by atoms with Gasteiger partial charge in [-0.25, -0.2) is 0 Å². The Bertz CT molecular complexity index is 496. The van der Waals surface area contributed by atoms with E-state index in [4.69, 9.17) is 4.42 Å². The monoisotopic (exact) mass is 190 g/mol. The molecule has 3 rings (SSSR count). The summed E-state index contributed by atoms with van der Waals surface area (Å²) in [6.07, 6.45) is 6.77.